The highest BCUT2D eigenvalue weighted by atomic mass is 19.1. The van der Waals surface area contributed by atoms with Gasteiger partial charge in [-0.3, -0.25) is 4.79 Å². The Balaban J connectivity index is 1.68. The standard InChI is InChI=1S/C19H21FN2O2/c1-24-18-5-3-2-4-15(18)16-11-21-12-17(16)19(23)22-10-13-6-8-14(20)9-7-13/h2-9,16-17,21H,10-12H2,1H3,(H,22,23)/t16-,17+/m0/s1. The number of ether oxygens (including phenoxy) is 1. The zero-order chi connectivity index (χ0) is 16.9. The number of carbonyl (C=O) groups excluding carboxylic acids is 1. The molecule has 0 bridgehead atoms. The average molecular weight is 328 g/mol. The molecule has 1 amide bonds. The molecule has 1 fully saturated rings. The van der Waals surface area contributed by atoms with Gasteiger partial charge in [-0.25, -0.2) is 4.39 Å². The lowest BCUT2D eigenvalue weighted by atomic mass is 9.87. The summed E-state index contributed by atoms with van der Waals surface area (Å²) < 4.78 is 18.4. The van der Waals surface area contributed by atoms with Crippen molar-refractivity contribution < 1.29 is 13.9 Å². The lowest BCUT2D eigenvalue weighted by molar-refractivity contribution is -0.125. The Morgan fingerprint density at radius 1 is 1.21 bits per heavy atom. The predicted molar refractivity (Wildman–Crippen MR) is 90.3 cm³/mol. The van der Waals surface area contributed by atoms with Crippen LogP contribution in [0.1, 0.15) is 17.0 Å². The molecule has 1 aliphatic heterocycles. The van der Waals surface area contributed by atoms with E-state index in [2.05, 4.69) is 10.6 Å². The number of halogens is 1. The van der Waals surface area contributed by atoms with Gasteiger partial charge in [0.2, 0.25) is 5.91 Å². The molecule has 2 aromatic rings. The Labute approximate surface area is 141 Å². The monoisotopic (exact) mass is 328 g/mol. The molecule has 1 aliphatic rings. The molecule has 2 aromatic carbocycles. The van der Waals surface area contributed by atoms with E-state index in [1.54, 1.807) is 19.2 Å². The molecule has 1 heterocycles. The third kappa shape index (κ3) is 3.57. The van der Waals surface area contributed by atoms with Crippen LogP contribution in [-0.2, 0) is 11.3 Å². The van der Waals surface area contributed by atoms with Gasteiger partial charge < -0.3 is 15.4 Å². The van der Waals surface area contributed by atoms with E-state index in [0.29, 0.717) is 13.1 Å². The Bertz CT molecular complexity index is 703. The summed E-state index contributed by atoms with van der Waals surface area (Å²) in [6.07, 6.45) is 0. The second-order valence-corrected chi connectivity index (χ2v) is 5.96. The lowest BCUT2D eigenvalue weighted by Gasteiger charge is -2.20. The number of hydrogen-bond acceptors (Lipinski definition) is 3. The summed E-state index contributed by atoms with van der Waals surface area (Å²) in [5, 5.41) is 6.25. The quantitative estimate of drug-likeness (QED) is 0.886. The van der Waals surface area contributed by atoms with Crippen molar-refractivity contribution in [3.63, 3.8) is 0 Å². The SMILES string of the molecule is COc1ccccc1[C@@H]1CNC[C@H]1C(=O)NCc1ccc(F)cc1. The molecule has 0 saturated carbocycles. The lowest BCUT2D eigenvalue weighted by Crippen LogP contribution is -2.34. The van der Waals surface area contributed by atoms with Crippen LogP contribution in [0, 0.1) is 11.7 Å². The maximum Gasteiger partial charge on any atom is 0.225 e. The van der Waals surface area contributed by atoms with Crippen molar-refractivity contribution in [1.29, 1.82) is 0 Å². The van der Waals surface area contributed by atoms with Crippen molar-refractivity contribution in [3.8, 4) is 5.75 Å². The molecule has 0 aliphatic carbocycles. The minimum absolute atomic E-state index is 0.000214. The van der Waals surface area contributed by atoms with Crippen LogP contribution in [0.25, 0.3) is 0 Å². The molecule has 24 heavy (non-hydrogen) atoms. The van der Waals surface area contributed by atoms with Gasteiger partial charge in [0.05, 0.1) is 13.0 Å². The van der Waals surface area contributed by atoms with Crippen LogP contribution in [0.15, 0.2) is 48.5 Å². The Kier molecular flexibility index (Phi) is 5.11. The molecule has 3 rings (SSSR count). The zero-order valence-electron chi connectivity index (χ0n) is 13.6. The smallest absolute Gasteiger partial charge is 0.225 e. The molecular formula is C19H21FN2O2. The van der Waals surface area contributed by atoms with Crippen LogP contribution in [-0.4, -0.2) is 26.1 Å². The minimum Gasteiger partial charge on any atom is -0.496 e. The van der Waals surface area contributed by atoms with Crippen LogP contribution in [0.2, 0.25) is 0 Å². The molecule has 0 spiro atoms. The average Bonchev–Trinajstić information content (AvgIpc) is 3.10. The number of hydrogen-bond donors (Lipinski definition) is 2. The van der Waals surface area contributed by atoms with Gasteiger partial charge in [0, 0.05) is 25.6 Å². The van der Waals surface area contributed by atoms with Gasteiger partial charge in [0.15, 0.2) is 0 Å². The van der Waals surface area contributed by atoms with Gasteiger partial charge in [-0.1, -0.05) is 30.3 Å². The summed E-state index contributed by atoms with van der Waals surface area (Å²) in [6, 6.07) is 14.0. The van der Waals surface area contributed by atoms with E-state index in [1.165, 1.54) is 12.1 Å². The van der Waals surface area contributed by atoms with Crippen molar-refractivity contribution in [2.24, 2.45) is 5.92 Å². The van der Waals surface area contributed by atoms with E-state index in [4.69, 9.17) is 4.74 Å². The summed E-state index contributed by atoms with van der Waals surface area (Å²) in [6.45, 7) is 1.78. The number of para-hydroxylation sites is 1. The molecule has 4 nitrogen and oxygen atoms in total. The summed E-state index contributed by atoms with van der Waals surface area (Å²) in [7, 11) is 1.64. The number of benzene rings is 2. The number of amides is 1. The summed E-state index contributed by atoms with van der Waals surface area (Å²) in [5.74, 6) is 0.459. The van der Waals surface area contributed by atoms with Crippen molar-refractivity contribution >= 4 is 5.91 Å². The van der Waals surface area contributed by atoms with Gasteiger partial charge in [0.25, 0.3) is 0 Å². The zero-order valence-corrected chi connectivity index (χ0v) is 13.6. The second-order valence-electron chi connectivity index (χ2n) is 5.96. The predicted octanol–water partition coefficient (Wildman–Crippen LogP) is 2.45. The van der Waals surface area contributed by atoms with E-state index < -0.39 is 0 Å². The summed E-state index contributed by atoms with van der Waals surface area (Å²) in [4.78, 5) is 12.6. The molecule has 0 aromatic heterocycles. The van der Waals surface area contributed by atoms with Crippen LogP contribution in [0.4, 0.5) is 4.39 Å². The molecule has 0 radical (unpaired) electrons. The first kappa shape index (κ1) is 16.5. The first-order chi connectivity index (χ1) is 11.7. The fourth-order valence-electron chi connectivity index (χ4n) is 3.18. The highest BCUT2D eigenvalue weighted by Gasteiger charge is 2.35. The van der Waals surface area contributed by atoms with Crippen LogP contribution in [0.5, 0.6) is 5.75 Å². The topological polar surface area (TPSA) is 50.4 Å². The van der Waals surface area contributed by atoms with Crippen molar-refractivity contribution in [3.05, 3.63) is 65.5 Å². The van der Waals surface area contributed by atoms with E-state index >= 15 is 0 Å². The Hall–Kier alpha value is -2.40. The van der Waals surface area contributed by atoms with E-state index in [1.807, 2.05) is 24.3 Å². The first-order valence-electron chi connectivity index (χ1n) is 8.05. The van der Waals surface area contributed by atoms with Gasteiger partial charge in [0.1, 0.15) is 11.6 Å². The summed E-state index contributed by atoms with van der Waals surface area (Å²) in [5.41, 5.74) is 1.93. The van der Waals surface area contributed by atoms with Gasteiger partial charge in [-0.05, 0) is 29.3 Å². The molecule has 2 N–H and O–H groups in total. The second kappa shape index (κ2) is 7.45. The van der Waals surface area contributed by atoms with E-state index in [0.717, 1.165) is 23.4 Å². The maximum absolute atomic E-state index is 12.9. The number of carbonyl (C=O) groups is 1. The fraction of sp³-hybridized carbons (Fsp3) is 0.316. The van der Waals surface area contributed by atoms with Gasteiger partial charge in [-0.2, -0.15) is 0 Å². The third-order valence-corrected chi connectivity index (χ3v) is 4.47. The fourth-order valence-corrected chi connectivity index (χ4v) is 3.18. The van der Waals surface area contributed by atoms with E-state index in [9.17, 15) is 9.18 Å². The number of methoxy groups -OCH3 is 1. The highest BCUT2D eigenvalue weighted by Crippen LogP contribution is 2.34. The van der Waals surface area contributed by atoms with E-state index in [-0.39, 0.29) is 23.6 Å². The molecule has 5 heteroatoms. The van der Waals surface area contributed by atoms with Crippen LogP contribution < -0.4 is 15.4 Å². The Morgan fingerprint density at radius 2 is 1.96 bits per heavy atom. The Morgan fingerprint density at radius 3 is 2.71 bits per heavy atom. The molecule has 126 valence electrons. The maximum atomic E-state index is 12.9. The molecule has 1 saturated heterocycles. The highest BCUT2D eigenvalue weighted by molar-refractivity contribution is 5.80. The first-order valence-corrected chi connectivity index (χ1v) is 8.05. The minimum atomic E-state index is -0.277. The van der Waals surface area contributed by atoms with Gasteiger partial charge in [-0.15, -0.1) is 0 Å². The normalized spacial score (nSPS) is 19.9. The van der Waals surface area contributed by atoms with Crippen molar-refractivity contribution in [2.75, 3.05) is 20.2 Å². The number of rotatable bonds is 5. The van der Waals surface area contributed by atoms with Crippen LogP contribution in [0.3, 0.4) is 0 Å². The van der Waals surface area contributed by atoms with Gasteiger partial charge >= 0.3 is 0 Å². The molecule has 0 unspecified atom stereocenters. The largest absolute Gasteiger partial charge is 0.496 e. The third-order valence-electron chi connectivity index (χ3n) is 4.47. The van der Waals surface area contributed by atoms with Crippen molar-refractivity contribution in [1.82, 2.24) is 10.6 Å². The van der Waals surface area contributed by atoms with Crippen molar-refractivity contribution in [2.45, 2.75) is 12.5 Å². The molecule has 2 atom stereocenters. The number of nitrogens with one attached hydrogen (secondary N) is 2. The van der Waals surface area contributed by atoms with Crippen LogP contribution >= 0.6 is 0 Å². The molecular weight excluding hydrogens is 307 g/mol. The summed E-state index contributed by atoms with van der Waals surface area (Å²) >= 11 is 0.